The van der Waals surface area contributed by atoms with E-state index in [1.165, 1.54) is 24.5 Å². The Morgan fingerprint density at radius 2 is 2.08 bits per heavy atom. The Hall–Kier alpha value is -3.42. The number of H-pyrrole nitrogens is 2. The molecular weight excluding hydrogens is 322 g/mol. The molecule has 2 aromatic heterocycles. The van der Waals surface area contributed by atoms with Crippen LogP contribution in [0.3, 0.4) is 0 Å². The molecule has 2 amide bonds. The van der Waals surface area contributed by atoms with Crippen molar-refractivity contribution in [2.24, 2.45) is 0 Å². The Labute approximate surface area is 144 Å². The zero-order valence-corrected chi connectivity index (χ0v) is 13.9. The molecule has 2 rings (SSSR count). The Balaban J connectivity index is 2.09. The van der Waals surface area contributed by atoms with Crippen LogP contribution in [0.15, 0.2) is 53.2 Å². The highest BCUT2D eigenvalue weighted by Crippen LogP contribution is 2.13. The summed E-state index contributed by atoms with van der Waals surface area (Å²) < 4.78 is 0. The molecule has 0 spiro atoms. The smallest absolute Gasteiger partial charge is 0.275 e. The number of carbonyl (C=O) groups excluding carboxylic acids is 2. The highest BCUT2D eigenvalue weighted by molar-refractivity contribution is 6.08. The Kier molecular flexibility index (Phi) is 6.05. The van der Waals surface area contributed by atoms with Gasteiger partial charge in [-0.3, -0.25) is 19.5 Å². The van der Waals surface area contributed by atoms with Gasteiger partial charge in [0.1, 0.15) is 5.69 Å². The highest BCUT2D eigenvalue weighted by atomic mass is 16.2. The molecular formula is C17H19N5O3. The molecule has 0 aliphatic carbocycles. The molecule has 4 N–H and O–H groups in total. The minimum atomic E-state index is -0.468. The van der Waals surface area contributed by atoms with Gasteiger partial charge < -0.3 is 15.6 Å². The highest BCUT2D eigenvalue weighted by Gasteiger charge is 2.16. The fourth-order valence-electron chi connectivity index (χ4n) is 1.93. The van der Waals surface area contributed by atoms with Gasteiger partial charge in [-0.25, -0.2) is 0 Å². The Morgan fingerprint density at radius 1 is 1.28 bits per heavy atom. The second-order valence-corrected chi connectivity index (χ2v) is 5.19. The fraction of sp³-hybridized carbons (Fsp3) is 0.176. The van der Waals surface area contributed by atoms with E-state index >= 15 is 0 Å². The lowest BCUT2D eigenvalue weighted by Gasteiger charge is -2.07. The normalized spacial score (nSPS) is 11.5. The average molecular weight is 341 g/mol. The molecule has 0 saturated heterocycles. The molecule has 0 aliphatic rings. The van der Waals surface area contributed by atoms with Crippen LogP contribution in [0.1, 0.15) is 41.1 Å². The lowest BCUT2D eigenvalue weighted by molar-refractivity contribution is 0.0962. The van der Waals surface area contributed by atoms with Gasteiger partial charge >= 0.3 is 0 Å². The van der Waals surface area contributed by atoms with E-state index in [0.717, 1.165) is 6.42 Å². The van der Waals surface area contributed by atoms with Crippen LogP contribution in [-0.4, -0.2) is 27.0 Å². The van der Waals surface area contributed by atoms with E-state index in [2.05, 4.69) is 25.8 Å². The molecule has 0 saturated carbocycles. The van der Waals surface area contributed by atoms with Crippen molar-refractivity contribution >= 4 is 17.5 Å². The number of nitrogens with one attached hydrogen (secondary N) is 4. The van der Waals surface area contributed by atoms with Crippen LogP contribution in [0.5, 0.6) is 0 Å². The monoisotopic (exact) mass is 341 g/mol. The summed E-state index contributed by atoms with van der Waals surface area (Å²) in [5.74, 6) is -0.891. The van der Waals surface area contributed by atoms with Crippen LogP contribution < -0.4 is 16.2 Å². The van der Waals surface area contributed by atoms with Gasteiger partial charge in [-0.15, -0.1) is 0 Å². The zero-order chi connectivity index (χ0) is 18.2. The number of pyridine rings is 1. The summed E-state index contributed by atoms with van der Waals surface area (Å²) in [7, 11) is 0. The SMILES string of the molecule is CC/C=C\C=C(/C)NC(=O)c1[nH]ncc1NC(=O)c1ccc(=O)[nH]c1. The first-order chi connectivity index (χ1) is 12.0. The molecule has 130 valence electrons. The summed E-state index contributed by atoms with van der Waals surface area (Å²) in [5.41, 5.74) is 0.977. The first kappa shape index (κ1) is 17.9. The summed E-state index contributed by atoms with van der Waals surface area (Å²) in [5, 5.41) is 11.6. The third-order valence-corrected chi connectivity index (χ3v) is 3.19. The molecule has 0 aliphatic heterocycles. The number of hydrogen-bond donors (Lipinski definition) is 4. The van der Waals surface area contributed by atoms with E-state index in [4.69, 9.17) is 0 Å². The van der Waals surface area contributed by atoms with E-state index in [9.17, 15) is 14.4 Å². The van der Waals surface area contributed by atoms with Crippen molar-refractivity contribution in [3.8, 4) is 0 Å². The van der Waals surface area contributed by atoms with Crippen LogP contribution in [-0.2, 0) is 0 Å². The average Bonchev–Trinajstić information content (AvgIpc) is 3.04. The topological polar surface area (TPSA) is 120 Å². The van der Waals surface area contributed by atoms with Gasteiger partial charge in [0.2, 0.25) is 5.56 Å². The van der Waals surface area contributed by atoms with Crippen LogP contribution in [0.4, 0.5) is 5.69 Å². The molecule has 0 unspecified atom stereocenters. The first-order valence-corrected chi connectivity index (χ1v) is 7.69. The molecule has 0 aromatic carbocycles. The van der Waals surface area contributed by atoms with Gasteiger partial charge in [0.15, 0.2) is 0 Å². The summed E-state index contributed by atoms with van der Waals surface area (Å²) in [4.78, 5) is 37.9. The number of anilines is 1. The van der Waals surface area contributed by atoms with Gasteiger partial charge in [0, 0.05) is 18.0 Å². The number of amides is 2. The minimum Gasteiger partial charge on any atom is -0.328 e. The summed E-state index contributed by atoms with van der Waals surface area (Å²) in [6.45, 7) is 3.77. The van der Waals surface area contributed by atoms with Crippen molar-refractivity contribution in [3.05, 3.63) is 70.1 Å². The van der Waals surface area contributed by atoms with Crippen LogP contribution in [0, 0.1) is 0 Å². The van der Waals surface area contributed by atoms with Crippen LogP contribution >= 0.6 is 0 Å². The predicted molar refractivity (Wildman–Crippen MR) is 94.3 cm³/mol. The van der Waals surface area contributed by atoms with E-state index in [1.807, 2.05) is 19.1 Å². The van der Waals surface area contributed by atoms with Crippen molar-refractivity contribution in [1.82, 2.24) is 20.5 Å². The number of allylic oxidation sites excluding steroid dienone is 4. The summed E-state index contributed by atoms with van der Waals surface area (Å²) >= 11 is 0. The molecule has 0 fully saturated rings. The number of aromatic amines is 2. The molecule has 2 aromatic rings. The fourth-order valence-corrected chi connectivity index (χ4v) is 1.93. The van der Waals surface area contributed by atoms with Crippen LogP contribution in [0.25, 0.3) is 0 Å². The molecule has 0 bridgehead atoms. The van der Waals surface area contributed by atoms with Crippen molar-refractivity contribution in [2.45, 2.75) is 20.3 Å². The maximum atomic E-state index is 12.3. The third kappa shape index (κ3) is 5.03. The van der Waals surface area contributed by atoms with Crippen molar-refractivity contribution in [2.75, 3.05) is 5.32 Å². The molecule has 0 radical (unpaired) electrons. The number of aromatic nitrogens is 3. The quantitative estimate of drug-likeness (QED) is 0.600. The van der Waals surface area contributed by atoms with Crippen LogP contribution in [0.2, 0.25) is 0 Å². The molecule has 25 heavy (non-hydrogen) atoms. The zero-order valence-electron chi connectivity index (χ0n) is 13.9. The molecule has 8 heteroatoms. The Bertz CT molecular complexity index is 856. The van der Waals surface area contributed by atoms with E-state index in [1.54, 1.807) is 13.0 Å². The van der Waals surface area contributed by atoms with E-state index in [0.29, 0.717) is 5.70 Å². The van der Waals surface area contributed by atoms with Crippen molar-refractivity contribution in [3.63, 3.8) is 0 Å². The number of hydrogen-bond acceptors (Lipinski definition) is 4. The lowest BCUT2D eigenvalue weighted by Crippen LogP contribution is -2.24. The molecule has 8 nitrogen and oxygen atoms in total. The first-order valence-electron chi connectivity index (χ1n) is 7.69. The van der Waals surface area contributed by atoms with Gasteiger partial charge in [-0.05, 0) is 25.5 Å². The van der Waals surface area contributed by atoms with Gasteiger partial charge in [0.25, 0.3) is 11.8 Å². The second kappa shape index (κ2) is 8.44. The van der Waals surface area contributed by atoms with Gasteiger partial charge in [-0.2, -0.15) is 5.10 Å². The maximum Gasteiger partial charge on any atom is 0.275 e. The standard InChI is InChI=1S/C17H19N5O3/c1-3-4-5-6-11(2)20-17(25)15-13(10-19-22-15)21-16(24)12-7-8-14(23)18-9-12/h4-10H,3H2,1-2H3,(H,18,23)(H,19,22)(H,20,25)(H,21,24)/b5-4-,11-6+. The van der Waals surface area contributed by atoms with Gasteiger partial charge in [-0.1, -0.05) is 19.1 Å². The lowest BCUT2D eigenvalue weighted by atomic mass is 10.2. The second-order valence-electron chi connectivity index (χ2n) is 5.19. The predicted octanol–water partition coefficient (Wildman–Crippen LogP) is 1.95. The largest absolute Gasteiger partial charge is 0.328 e. The summed E-state index contributed by atoms with van der Waals surface area (Å²) in [6, 6.07) is 2.64. The number of carbonyl (C=O) groups is 2. The number of rotatable bonds is 6. The molecule has 0 atom stereocenters. The Morgan fingerprint density at radius 3 is 2.76 bits per heavy atom. The van der Waals surface area contributed by atoms with Gasteiger partial charge in [0.05, 0.1) is 17.4 Å². The molecule has 2 heterocycles. The third-order valence-electron chi connectivity index (χ3n) is 3.19. The summed E-state index contributed by atoms with van der Waals surface area (Å²) in [6.07, 6.45) is 9.12. The van der Waals surface area contributed by atoms with E-state index in [-0.39, 0.29) is 22.5 Å². The maximum absolute atomic E-state index is 12.3. The van der Waals surface area contributed by atoms with E-state index < -0.39 is 11.8 Å². The minimum absolute atomic E-state index is 0.130. The van der Waals surface area contributed by atoms with Crippen molar-refractivity contribution < 1.29 is 9.59 Å². The number of nitrogens with zero attached hydrogens (tertiary/aromatic N) is 1. The van der Waals surface area contributed by atoms with Crippen molar-refractivity contribution in [1.29, 1.82) is 0 Å².